The van der Waals surface area contributed by atoms with Gasteiger partial charge in [-0.1, -0.05) is 96.8 Å². The van der Waals surface area contributed by atoms with E-state index in [0.29, 0.717) is 0 Å². The van der Waals surface area contributed by atoms with Gasteiger partial charge in [0, 0.05) is 38.8 Å². The molecule has 38 heavy (non-hydrogen) atoms. The van der Waals surface area contributed by atoms with Crippen molar-refractivity contribution in [3.8, 4) is 0 Å². The van der Waals surface area contributed by atoms with Crippen LogP contribution >= 0.6 is 0 Å². The van der Waals surface area contributed by atoms with E-state index in [4.69, 9.17) is 0 Å². The molecule has 0 aromatic carbocycles. The fraction of sp³-hybridized carbons (Fsp3) is 0.828. The zero-order valence-corrected chi connectivity index (χ0v) is 23.6. The minimum absolute atomic E-state index is 0.0205. The summed E-state index contributed by atoms with van der Waals surface area (Å²) in [5.41, 5.74) is 0. The average molecular weight is 538 g/mol. The smallest absolute Gasteiger partial charge is 0.326 e. The third-order valence-electron chi connectivity index (χ3n) is 7.11. The van der Waals surface area contributed by atoms with E-state index in [0.717, 1.165) is 24.2 Å². The van der Waals surface area contributed by atoms with Crippen LogP contribution in [0.4, 0.5) is 0 Å². The van der Waals surface area contributed by atoms with Gasteiger partial charge in [0.2, 0.25) is 23.6 Å². The molecule has 1 aliphatic rings. The topological polar surface area (TPSA) is 133 Å². The highest BCUT2D eigenvalue weighted by atomic mass is 16.4. The zero-order valence-electron chi connectivity index (χ0n) is 23.6. The van der Waals surface area contributed by atoms with Crippen LogP contribution < -0.4 is 10.6 Å². The Kier molecular flexibility index (Phi) is 19.0. The Bertz CT molecular complexity index is 711. The lowest BCUT2D eigenvalue weighted by Gasteiger charge is -2.16. The second-order valence-electron chi connectivity index (χ2n) is 10.5. The van der Waals surface area contributed by atoms with Gasteiger partial charge in [-0.25, -0.2) is 4.79 Å². The summed E-state index contributed by atoms with van der Waals surface area (Å²) in [6.45, 7) is 2.49. The number of likely N-dealkylation sites (tertiary alicyclic amines) is 1. The minimum Gasteiger partial charge on any atom is -0.480 e. The van der Waals surface area contributed by atoms with Crippen molar-refractivity contribution in [3.63, 3.8) is 0 Å². The van der Waals surface area contributed by atoms with Gasteiger partial charge in [0.05, 0.1) is 0 Å². The first-order valence-electron chi connectivity index (χ1n) is 15.0. The maximum Gasteiger partial charge on any atom is 0.326 e. The number of unbranched alkanes of at least 4 members (excludes halogenated alkanes) is 14. The molecule has 0 aromatic rings. The van der Waals surface area contributed by atoms with Crippen molar-refractivity contribution in [1.82, 2.24) is 15.5 Å². The summed E-state index contributed by atoms with van der Waals surface area (Å²) in [7, 11) is 0. The first kappa shape index (κ1) is 33.6. The molecule has 0 bridgehead atoms. The minimum atomic E-state index is -1.17. The molecule has 0 aromatic heterocycles. The van der Waals surface area contributed by atoms with Crippen LogP contribution in [0.15, 0.2) is 0 Å². The van der Waals surface area contributed by atoms with Crippen molar-refractivity contribution in [3.05, 3.63) is 0 Å². The average Bonchev–Trinajstić information content (AvgIpc) is 3.20. The molecule has 3 N–H and O–H groups in total. The van der Waals surface area contributed by atoms with Gasteiger partial charge in [-0.15, -0.1) is 0 Å². The summed E-state index contributed by atoms with van der Waals surface area (Å²) in [5, 5.41) is 14.5. The molecule has 1 unspecified atom stereocenters. The van der Waals surface area contributed by atoms with Gasteiger partial charge in [-0.2, -0.15) is 0 Å². The Morgan fingerprint density at radius 1 is 0.737 bits per heavy atom. The molecule has 4 amide bonds. The number of hydrogen-bond acceptors (Lipinski definition) is 5. The Morgan fingerprint density at radius 3 is 1.68 bits per heavy atom. The van der Waals surface area contributed by atoms with Gasteiger partial charge in [0.15, 0.2) is 0 Å². The fourth-order valence-electron chi connectivity index (χ4n) is 4.72. The molecule has 218 valence electrons. The summed E-state index contributed by atoms with van der Waals surface area (Å²) < 4.78 is 0. The van der Waals surface area contributed by atoms with E-state index in [1.807, 2.05) is 0 Å². The van der Waals surface area contributed by atoms with Gasteiger partial charge in [-0.3, -0.25) is 24.1 Å². The Morgan fingerprint density at radius 2 is 1.21 bits per heavy atom. The largest absolute Gasteiger partial charge is 0.480 e. The first-order valence-corrected chi connectivity index (χ1v) is 15.0. The number of amides is 4. The van der Waals surface area contributed by atoms with Gasteiger partial charge < -0.3 is 15.7 Å². The molecule has 1 heterocycles. The Hall–Kier alpha value is -2.45. The number of imide groups is 1. The summed E-state index contributed by atoms with van der Waals surface area (Å²) >= 11 is 0. The van der Waals surface area contributed by atoms with Gasteiger partial charge in [0.1, 0.15) is 6.04 Å². The molecule has 1 aliphatic heterocycles. The molecule has 1 saturated heterocycles. The van der Waals surface area contributed by atoms with Crippen molar-refractivity contribution in [2.45, 2.75) is 141 Å². The van der Waals surface area contributed by atoms with Crippen molar-refractivity contribution in [2.75, 3.05) is 13.1 Å². The highest BCUT2D eigenvalue weighted by Gasteiger charge is 2.28. The molecule has 9 heteroatoms. The number of rotatable bonds is 24. The number of hydrogen-bond donors (Lipinski definition) is 3. The number of carbonyl (C=O) groups excluding carboxylic acids is 4. The zero-order chi connectivity index (χ0) is 28.0. The monoisotopic (exact) mass is 537 g/mol. The van der Waals surface area contributed by atoms with Crippen LogP contribution in [0, 0.1) is 0 Å². The first-order chi connectivity index (χ1) is 18.3. The van der Waals surface area contributed by atoms with Crippen LogP contribution in [0.25, 0.3) is 0 Å². The molecular weight excluding hydrogens is 486 g/mol. The van der Waals surface area contributed by atoms with Gasteiger partial charge >= 0.3 is 5.97 Å². The van der Waals surface area contributed by atoms with E-state index in [1.165, 1.54) is 77.0 Å². The van der Waals surface area contributed by atoms with Crippen LogP contribution in [0.2, 0.25) is 0 Å². The highest BCUT2D eigenvalue weighted by Crippen LogP contribution is 2.14. The maximum absolute atomic E-state index is 12.2. The lowest BCUT2D eigenvalue weighted by molar-refractivity contribution is -0.142. The molecule has 9 nitrogen and oxygen atoms in total. The predicted octanol–water partition coefficient (Wildman–Crippen LogP) is 4.86. The van der Waals surface area contributed by atoms with Crippen LogP contribution in [-0.4, -0.2) is 58.7 Å². The second kappa shape index (κ2) is 21.5. The summed E-state index contributed by atoms with van der Waals surface area (Å²) in [6, 6.07) is -1.12. The quantitative estimate of drug-likeness (QED) is 0.119. The van der Waals surface area contributed by atoms with E-state index >= 15 is 0 Å². The normalized spacial score (nSPS) is 14.1. The molecule has 1 atom stereocenters. The number of nitrogens with zero attached hydrogens (tertiary/aromatic N) is 1. The summed E-state index contributed by atoms with van der Waals surface area (Å²) in [5.74, 6) is -2.35. The van der Waals surface area contributed by atoms with Crippen molar-refractivity contribution in [2.24, 2.45) is 0 Å². The SMILES string of the molecule is CCCCCCCCCCCCCCCCCC(=O)NC(CCC(=O)NCCN1C(=O)CCC1=O)C(=O)O. The van der Waals surface area contributed by atoms with Crippen molar-refractivity contribution >= 4 is 29.6 Å². The fourth-order valence-corrected chi connectivity index (χ4v) is 4.72. The predicted molar refractivity (Wildman–Crippen MR) is 147 cm³/mol. The van der Waals surface area contributed by atoms with E-state index in [9.17, 15) is 29.1 Å². The number of carbonyl (C=O) groups is 5. The number of nitrogens with one attached hydrogen (secondary N) is 2. The Labute approximate surface area is 228 Å². The third-order valence-corrected chi connectivity index (χ3v) is 7.11. The molecule has 0 aliphatic carbocycles. The molecule has 0 spiro atoms. The lowest BCUT2D eigenvalue weighted by atomic mass is 10.0. The van der Waals surface area contributed by atoms with Crippen LogP contribution in [0.5, 0.6) is 0 Å². The van der Waals surface area contributed by atoms with Gasteiger partial charge in [0.25, 0.3) is 0 Å². The Balaban J connectivity index is 2.01. The van der Waals surface area contributed by atoms with E-state index < -0.39 is 12.0 Å². The molecule has 1 rings (SSSR count). The molecule has 1 fully saturated rings. The molecule has 0 saturated carbocycles. The summed E-state index contributed by atoms with van der Waals surface area (Å²) in [4.78, 5) is 59.9. The lowest BCUT2D eigenvalue weighted by Crippen LogP contribution is -2.42. The van der Waals surface area contributed by atoms with Crippen LogP contribution in [-0.2, 0) is 24.0 Å². The standard InChI is InChI=1S/C29H51N3O6/c1-2-3-4-5-6-7-8-9-10-11-12-13-14-15-16-17-26(34)31-24(29(37)38)18-19-25(33)30-22-23-32-27(35)20-21-28(32)36/h24H,2-23H2,1H3,(H,30,33)(H,31,34)(H,37,38). The second-order valence-corrected chi connectivity index (χ2v) is 10.5. The summed E-state index contributed by atoms with van der Waals surface area (Å²) in [6.07, 6.45) is 19.2. The maximum atomic E-state index is 12.2. The molecular formula is C29H51N3O6. The van der Waals surface area contributed by atoms with Crippen molar-refractivity contribution < 1.29 is 29.1 Å². The third kappa shape index (κ3) is 16.4. The number of carboxylic acid groups (broad SMARTS) is 1. The number of carboxylic acids is 1. The van der Waals surface area contributed by atoms with Crippen LogP contribution in [0.3, 0.4) is 0 Å². The van der Waals surface area contributed by atoms with Crippen LogP contribution in [0.1, 0.15) is 135 Å². The highest BCUT2D eigenvalue weighted by molar-refractivity contribution is 6.01. The molecule has 0 radical (unpaired) electrons. The van der Waals surface area contributed by atoms with E-state index in [2.05, 4.69) is 17.6 Å². The number of aliphatic carboxylic acids is 1. The van der Waals surface area contributed by atoms with E-state index in [1.54, 1.807) is 0 Å². The van der Waals surface area contributed by atoms with Crippen molar-refractivity contribution in [1.29, 1.82) is 0 Å². The van der Waals surface area contributed by atoms with Gasteiger partial charge in [-0.05, 0) is 12.8 Å². The van der Waals surface area contributed by atoms with E-state index in [-0.39, 0.29) is 68.8 Å².